The summed E-state index contributed by atoms with van der Waals surface area (Å²) in [7, 11) is 1.94. The van der Waals surface area contributed by atoms with Gasteiger partial charge < -0.3 is 10.0 Å². The van der Waals surface area contributed by atoms with Gasteiger partial charge in [0.1, 0.15) is 5.82 Å². The Labute approximate surface area is 115 Å². The molecule has 1 heterocycles. The van der Waals surface area contributed by atoms with Crippen molar-refractivity contribution < 1.29 is 9.90 Å². The number of hydrogen-bond acceptors (Lipinski definition) is 3. The zero-order chi connectivity index (χ0) is 14.8. The molecular weight excluding hydrogens is 240 g/mol. The van der Waals surface area contributed by atoms with Crippen LogP contribution >= 0.6 is 0 Å². The highest BCUT2D eigenvalue weighted by Gasteiger charge is 2.20. The maximum Gasteiger partial charge on any atom is 0.335 e. The molecule has 0 unspecified atom stereocenters. The van der Waals surface area contributed by atoms with E-state index in [0.29, 0.717) is 11.5 Å². The molecule has 0 aliphatic heterocycles. The first-order valence-electron chi connectivity index (χ1n) is 6.58. The molecule has 0 fully saturated rings. The summed E-state index contributed by atoms with van der Waals surface area (Å²) in [6.45, 7) is 11.2. The summed E-state index contributed by atoms with van der Waals surface area (Å²) >= 11 is 0. The fourth-order valence-electron chi connectivity index (χ4n) is 1.86. The largest absolute Gasteiger partial charge is 0.478 e. The molecule has 0 aliphatic carbocycles. The molecule has 4 nitrogen and oxygen atoms in total. The van der Waals surface area contributed by atoms with Crippen LogP contribution in [0.1, 0.15) is 50.7 Å². The molecule has 106 valence electrons. The van der Waals surface area contributed by atoms with Crippen molar-refractivity contribution in [3.05, 3.63) is 23.4 Å². The molecule has 0 radical (unpaired) electrons. The van der Waals surface area contributed by atoms with Crippen molar-refractivity contribution in [2.24, 2.45) is 5.92 Å². The average molecular weight is 264 g/mol. The van der Waals surface area contributed by atoms with Crippen LogP contribution in [-0.2, 0) is 5.41 Å². The zero-order valence-electron chi connectivity index (χ0n) is 12.7. The molecule has 1 aromatic heterocycles. The Morgan fingerprint density at radius 1 is 1.37 bits per heavy atom. The highest BCUT2D eigenvalue weighted by atomic mass is 16.4. The van der Waals surface area contributed by atoms with Crippen LogP contribution in [0.2, 0.25) is 0 Å². The van der Waals surface area contributed by atoms with Crippen molar-refractivity contribution in [3.8, 4) is 0 Å². The van der Waals surface area contributed by atoms with E-state index in [0.717, 1.165) is 18.1 Å². The Morgan fingerprint density at radius 2 is 1.95 bits per heavy atom. The van der Waals surface area contributed by atoms with Gasteiger partial charge >= 0.3 is 5.97 Å². The summed E-state index contributed by atoms with van der Waals surface area (Å²) in [4.78, 5) is 17.8. The second-order valence-corrected chi connectivity index (χ2v) is 6.43. The molecule has 0 amide bonds. The van der Waals surface area contributed by atoms with E-state index in [2.05, 4.69) is 18.8 Å². The first-order valence-corrected chi connectivity index (χ1v) is 6.58. The number of pyridine rings is 1. The lowest BCUT2D eigenvalue weighted by Crippen LogP contribution is -2.25. The highest BCUT2D eigenvalue weighted by Crippen LogP contribution is 2.24. The molecule has 0 aromatic carbocycles. The van der Waals surface area contributed by atoms with Crippen molar-refractivity contribution in [1.82, 2.24) is 4.98 Å². The summed E-state index contributed by atoms with van der Waals surface area (Å²) in [6, 6.07) is 3.30. The molecule has 1 aromatic rings. The lowest BCUT2D eigenvalue weighted by molar-refractivity contribution is 0.0696. The van der Waals surface area contributed by atoms with Gasteiger partial charge in [-0.25, -0.2) is 9.78 Å². The highest BCUT2D eigenvalue weighted by molar-refractivity contribution is 5.88. The molecule has 0 saturated heterocycles. The van der Waals surface area contributed by atoms with Gasteiger partial charge in [-0.2, -0.15) is 0 Å². The van der Waals surface area contributed by atoms with Gasteiger partial charge in [-0.15, -0.1) is 0 Å². The van der Waals surface area contributed by atoms with Crippen molar-refractivity contribution in [1.29, 1.82) is 0 Å². The molecule has 0 saturated carbocycles. The topological polar surface area (TPSA) is 53.4 Å². The van der Waals surface area contributed by atoms with Crippen LogP contribution < -0.4 is 4.90 Å². The third-order valence-corrected chi connectivity index (χ3v) is 2.86. The summed E-state index contributed by atoms with van der Waals surface area (Å²) in [5.74, 6) is 0.309. The predicted molar refractivity (Wildman–Crippen MR) is 78.0 cm³/mol. The molecule has 0 bridgehead atoms. The molecule has 1 N–H and O–H groups in total. The third kappa shape index (κ3) is 4.23. The number of aromatic carboxylic acids is 1. The van der Waals surface area contributed by atoms with E-state index in [1.54, 1.807) is 12.1 Å². The van der Waals surface area contributed by atoms with Crippen molar-refractivity contribution in [2.45, 2.75) is 40.0 Å². The van der Waals surface area contributed by atoms with Crippen LogP contribution in [0.5, 0.6) is 0 Å². The van der Waals surface area contributed by atoms with E-state index >= 15 is 0 Å². The molecule has 0 aliphatic rings. The van der Waals surface area contributed by atoms with Gasteiger partial charge in [-0.1, -0.05) is 34.6 Å². The fraction of sp³-hybridized carbons (Fsp3) is 0.600. The number of carboxylic acid groups (broad SMARTS) is 1. The molecular formula is C15H24N2O2. The number of carbonyl (C=O) groups is 1. The van der Waals surface area contributed by atoms with E-state index in [1.165, 1.54) is 0 Å². The lowest BCUT2D eigenvalue weighted by Gasteiger charge is -2.24. The van der Waals surface area contributed by atoms with Gasteiger partial charge in [0.05, 0.1) is 5.56 Å². The first kappa shape index (κ1) is 15.5. The maximum absolute atomic E-state index is 11.2. The maximum atomic E-state index is 11.2. The summed E-state index contributed by atoms with van der Waals surface area (Å²) in [5, 5.41) is 9.22. The van der Waals surface area contributed by atoms with E-state index in [-0.39, 0.29) is 5.41 Å². The van der Waals surface area contributed by atoms with Crippen molar-refractivity contribution in [2.75, 3.05) is 18.5 Å². The summed E-state index contributed by atoms with van der Waals surface area (Å²) in [5.41, 5.74) is 0.933. The second kappa shape index (κ2) is 5.59. The predicted octanol–water partition coefficient (Wildman–Crippen LogP) is 3.17. The number of nitrogens with zero attached hydrogens (tertiary/aromatic N) is 2. The molecule has 19 heavy (non-hydrogen) atoms. The zero-order valence-corrected chi connectivity index (χ0v) is 12.7. The number of anilines is 1. The fourth-order valence-corrected chi connectivity index (χ4v) is 1.86. The second-order valence-electron chi connectivity index (χ2n) is 6.43. The minimum absolute atomic E-state index is 0.168. The average Bonchev–Trinajstić information content (AvgIpc) is 2.26. The summed E-state index contributed by atoms with van der Waals surface area (Å²) < 4.78 is 0. The van der Waals surface area contributed by atoms with Crippen LogP contribution in [-0.4, -0.2) is 29.7 Å². The molecule has 0 spiro atoms. The van der Waals surface area contributed by atoms with Gasteiger partial charge in [0.15, 0.2) is 0 Å². The standard InChI is InChI=1S/C15H24N2O2/c1-10(2)9-17(6)13-8-11(14(18)19)7-12(16-13)15(3,4)5/h7-8,10H,9H2,1-6H3,(H,18,19). The first-order chi connectivity index (χ1) is 8.61. The Morgan fingerprint density at radius 3 is 2.37 bits per heavy atom. The Kier molecular flexibility index (Phi) is 4.56. The number of rotatable bonds is 4. The monoisotopic (exact) mass is 264 g/mol. The van der Waals surface area contributed by atoms with Gasteiger partial charge in [0, 0.05) is 24.7 Å². The molecule has 1 rings (SSSR count). The van der Waals surface area contributed by atoms with Crippen LogP contribution in [0.4, 0.5) is 5.82 Å². The van der Waals surface area contributed by atoms with Crippen LogP contribution in [0.3, 0.4) is 0 Å². The lowest BCUT2D eigenvalue weighted by atomic mass is 9.90. The van der Waals surface area contributed by atoms with Crippen molar-refractivity contribution >= 4 is 11.8 Å². The minimum atomic E-state index is -0.910. The smallest absolute Gasteiger partial charge is 0.335 e. The quantitative estimate of drug-likeness (QED) is 0.907. The molecule has 0 atom stereocenters. The van der Waals surface area contributed by atoms with E-state index in [4.69, 9.17) is 0 Å². The SMILES string of the molecule is CC(C)CN(C)c1cc(C(=O)O)cc(C(C)(C)C)n1. The minimum Gasteiger partial charge on any atom is -0.478 e. The Balaban J connectivity index is 3.24. The number of hydrogen-bond donors (Lipinski definition) is 1. The van der Waals surface area contributed by atoms with E-state index < -0.39 is 5.97 Å². The van der Waals surface area contributed by atoms with Gasteiger partial charge in [0.2, 0.25) is 0 Å². The summed E-state index contributed by atoms with van der Waals surface area (Å²) in [6.07, 6.45) is 0. The van der Waals surface area contributed by atoms with Gasteiger partial charge in [0.25, 0.3) is 0 Å². The third-order valence-electron chi connectivity index (χ3n) is 2.86. The van der Waals surface area contributed by atoms with Crippen LogP contribution in [0.25, 0.3) is 0 Å². The number of carboxylic acids is 1. The normalized spacial score (nSPS) is 11.7. The Bertz CT molecular complexity index is 462. The van der Waals surface area contributed by atoms with Gasteiger partial charge in [-0.05, 0) is 18.1 Å². The van der Waals surface area contributed by atoms with Crippen LogP contribution in [0.15, 0.2) is 12.1 Å². The van der Waals surface area contributed by atoms with Gasteiger partial charge in [-0.3, -0.25) is 0 Å². The van der Waals surface area contributed by atoms with Crippen molar-refractivity contribution in [3.63, 3.8) is 0 Å². The van der Waals surface area contributed by atoms with E-state index in [1.807, 2.05) is 32.7 Å². The Hall–Kier alpha value is -1.58. The molecule has 4 heteroatoms. The number of aromatic nitrogens is 1. The van der Waals surface area contributed by atoms with E-state index in [9.17, 15) is 9.90 Å². The van der Waals surface area contributed by atoms with Crippen LogP contribution in [0, 0.1) is 5.92 Å².